The van der Waals surface area contributed by atoms with Gasteiger partial charge in [0.25, 0.3) is 6.43 Å². The number of pyridine rings is 1. The summed E-state index contributed by atoms with van der Waals surface area (Å²) in [7, 11) is 0. The van der Waals surface area contributed by atoms with Gasteiger partial charge in [0.05, 0.1) is 6.61 Å². The average Bonchev–Trinajstić information content (AvgIpc) is 2.17. The highest BCUT2D eigenvalue weighted by molar-refractivity contribution is 5.94. The topological polar surface area (TPSA) is 59.4 Å². The highest BCUT2D eigenvalue weighted by Gasteiger charge is 2.23. The third-order valence-electron chi connectivity index (χ3n) is 1.96. The molecule has 0 spiro atoms. The molecule has 0 saturated heterocycles. The monoisotopic (exact) mass is 231 g/mol. The molecule has 0 saturated carbocycles. The van der Waals surface area contributed by atoms with Crippen LogP contribution in [0.1, 0.15) is 35.0 Å². The van der Waals surface area contributed by atoms with Gasteiger partial charge >= 0.3 is 5.97 Å². The van der Waals surface area contributed by atoms with Crippen LogP contribution in [-0.2, 0) is 4.74 Å². The van der Waals surface area contributed by atoms with Crippen LogP contribution in [0.3, 0.4) is 0 Å². The van der Waals surface area contributed by atoms with Crippen molar-refractivity contribution < 1.29 is 23.4 Å². The van der Waals surface area contributed by atoms with E-state index in [-0.39, 0.29) is 12.2 Å². The van der Waals surface area contributed by atoms with Gasteiger partial charge in [-0.2, -0.15) is 0 Å². The number of esters is 1. The second kappa shape index (κ2) is 4.87. The Kier molecular flexibility index (Phi) is 3.76. The lowest BCUT2D eigenvalue weighted by atomic mass is 10.1. The molecular weight excluding hydrogens is 220 g/mol. The SMILES string of the molecule is CCOC(=O)c1c(C)cnc(C(F)F)c1O. The van der Waals surface area contributed by atoms with E-state index in [4.69, 9.17) is 0 Å². The van der Waals surface area contributed by atoms with E-state index < -0.39 is 23.8 Å². The second-order valence-electron chi connectivity index (χ2n) is 3.07. The fourth-order valence-corrected chi connectivity index (χ4v) is 1.23. The Morgan fingerprint density at radius 3 is 2.75 bits per heavy atom. The summed E-state index contributed by atoms with van der Waals surface area (Å²) in [6.45, 7) is 3.16. The van der Waals surface area contributed by atoms with Crippen LogP contribution < -0.4 is 0 Å². The van der Waals surface area contributed by atoms with E-state index in [2.05, 4.69) is 9.72 Å². The molecule has 0 fully saturated rings. The summed E-state index contributed by atoms with van der Waals surface area (Å²) in [5.74, 6) is -1.64. The van der Waals surface area contributed by atoms with Gasteiger partial charge in [0.1, 0.15) is 11.3 Å². The number of hydrogen-bond donors (Lipinski definition) is 1. The highest BCUT2D eigenvalue weighted by atomic mass is 19.3. The molecule has 0 amide bonds. The van der Waals surface area contributed by atoms with Crippen molar-refractivity contribution in [2.24, 2.45) is 0 Å². The van der Waals surface area contributed by atoms with Crippen molar-refractivity contribution in [1.29, 1.82) is 0 Å². The molecule has 6 heteroatoms. The minimum absolute atomic E-state index is 0.101. The Labute approximate surface area is 90.9 Å². The van der Waals surface area contributed by atoms with Gasteiger partial charge in [0.15, 0.2) is 5.75 Å². The molecule has 0 atom stereocenters. The Morgan fingerprint density at radius 2 is 2.25 bits per heavy atom. The molecule has 1 heterocycles. The lowest BCUT2D eigenvalue weighted by Gasteiger charge is -2.10. The molecule has 0 aliphatic heterocycles. The van der Waals surface area contributed by atoms with Crippen molar-refractivity contribution in [1.82, 2.24) is 4.98 Å². The summed E-state index contributed by atoms with van der Waals surface area (Å²) in [4.78, 5) is 14.8. The first-order valence-electron chi connectivity index (χ1n) is 4.62. The summed E-state index contributed by atoms with van der Waals surface area (Å²) in [6, 6.07) is 0. The van der Waals surface area contributed by atoms with Gasteiger partial charge in [-0.1, -0.05) is 0 Å². The smallest absolute Gasteiger partial charge is 0.342 e. The number of aromatic nitrogens is 1. The van der Waals surface area contributed by atoms with Gasteiger partial charge in [-0.05, 0) is 19.4 Å². The number of alkyl halides is 2. The maximum atomic E-state index is 12.4. The number of halogens is 2. The molecule has 1 aromatic heterocycles. The minimum Gasteiger partial charge on any atom is -0.505 e. The van der Waals surface area contributed by atoms with Crippen LogP contribution in [0.15, 0.2) is 6.20 Å². The lowest BCUT2D eigenvalue weighted by molar-refractivity contribution is 0.0520. The van der Waals surface area contributed by atoms with Gasteiger partial charge in [-0.25, -0.2) is 13.6 Å². The van der Waals surface area contributed by atoms with Crippen LogP contribution in [0.2, 0.25) is 0 Å². The van der Waals surface area contributed by atoms with Crippen molar-refractivity contribution in [3.05, 3.63) is 23.0 Å². The molecule has 0 aliphatic rings. The normalized spacial score (nSPS) is 10.6. The molecular formula is C10H11F2NO3. The van der Waals surface area contributed by atoms with E-state index in [1.807, 2.05) is 0 Å². The van der Waals surface area contributed by atoms with E-state index in [1.165, 1.54) is 6.92 Å². The van der Waals surface area contributed by atoms with E-state index in [9.17, 15) is 18.7 Å². The van der Waals surface area contributed by atoms with Crippen LogP contribution in [0.25, 0.3) is 0 Å². The molecule has 0 bridgehead atoms. The number of rotatable bonds is 3. The Bertz CT molecular complexity index is 407. The molecule has 0 aliphatic carbocycles. The van der Waals surface area contributed by atoms with Crippen molar-refractivity contribution in [3.63, 3.8) is 0 Å². The Morgan fingerprint density at radius 1 is 1.62 bits per heavy atom. The van der Waals surface area contributed by atoms with E-state index >= 15 is 0 Å². The largest absolute Gasteiger partial charge is 0.505 e. The van der Waals surface area contributed by atoms with Crippen molar-refractivity contribution in [2.45, 2.75) is 20.3 Å². The number of carbonyl (C=O) groups is 1. The number of nitrogens with zero attached hydrogens (tertiary/aromatic N) is 1. The van der Waals surface area contributed by atoms with Crippen LogP contribution in [0.4, 0.5) is 8.78 Å². The molecule has 0 aromatic carbocycles. The Hall–Kier alpha value is -1.72. The van der Waals surface area contributed by atoms with Crippen LogP contribution in [0, 0.1) is 6.92 Å². The van der Waals surface area contributed by atoms with Gasteiger partial charge in [0.2, 0.25) is 0 Å². The first-order valence-corrected chi connectivity index (χ1v) is 4.62. The number of aryl methyl sites for hydroxylation is 1. The number of carbonyl (C=O) groups excluding carboxylic acids is 1. The summed E-state index contributed by atoms with van der Waals surface area (Å²) in [5.41, 5.74) is -0.777. The lowest BCUT2D eigenvalue weighted by Crippen LogP contribution is -2.09. The predicted molar refractivity (Wildman–Crippen MR) is 51.6 cm³/mol. The predicted octanol–water partition coefficient (Wildman–Crippen LogP) is 2.21. The van der Waals surface area contributed by atoms with Crippen LogP contribution >= 0.6 is 0 Å². The second-order valence-corrected chi connectivity index (χ2v) is 3.07. The summed E-state index contributed by atoms with van der Waals surface area (Å²) >= 11 is 0. The van der Waals surface area contributed by atoms with Crippen molar-refractivity contribution in [2.75, 3.05) is 6.61 Å². The zero-order valence-electron chi connectivity index (χ0n) is 8.83. The standard InChI is InChI=1S/C10H11F2NO3/c1-3-16-10(15)6-5(2)4-13-7(8(6)14)9(11)12/h4,9,14H,3H2,1-2H3. The van der Waals surface area contributed by atoms with Crippen LogP contribution in [-0.4, -0.2) is 22.7 Å². The summed E-state index contributed by atoms with van der Waals surface area (Å²) in [5, 5.41) is 9.49. The molecule has 0 unspecified atom stereocenters. The van der Waals surface area contributed by atoms with Gasteiger partial charge < -0.3 is 9.84 Å². The fourth-order valence-electron chi connectivity index (χ4n) is 1.23. The third-order valence-corrected chi connectivity index (χ3v) is 1.96. The van der Waals surface area contributed by atoms with Crippen molar-refractivity contribution >= 4 is 5.97 Å². The zero-order chi connectivity index (χ0) is 12.3. The van der Waals surface area contributed by atoms with Crippen molar-refractivity contribution in [3.8, 4) is 5.75 Å². The first kappa shape index (κ1) is 12.4. The molecule has 1 N–H and O–H groups in total. The van der Waals surface area contributed by atoms with Crippen LogP contribution in [0.5, 0.6) is 5.75 Å². The molecule has 1 aromatic rings. The summed E-state index contributed by atoms with van der Waals surface area (Å²) in [6.07, 6.45) is -1.83. The number of ether oxygens (including phenoxy) is 1. The molecule has 0 radical (unpaired) electrons. The molecule has 1 rings (SSSR count). The number of aromatic hydroxyl groups is 1. The summed E-state index contributed by atoms with van der Waals surface area (Å²) < 4.78 is 29.5. The number of hydrogen-bond acceptors (Lipinski definition) is 4. The van der Waals surface area contributed by atoms with E-state index in [0.29, 0.717) is 5.56 Å². The Balaban J connectivity index is 3.26. The van der Waals surface area contributed by atoms with Gasteiger partial charge in [-0.15, -0.1) is 0 Å². The van der Waals surface area contributed by atoms with E-state index in [1.54, 1.807) is 6.92 Å². The maximum Gasteiger partial charge on any atom is 0.342 e. The van der Waals surface area contributed by atoms with E-state index in [0.717, 1.165) is 6.20 Å². The van der Waals surface area contributed by atoms with Gasteiger partial charge in [-0.3, -0.25) is 4.98 Å². The van der Waals surface area contributed by atoms with Gasteiger partial charge in [0, 0.05) is 6.20 Å². The maximum absolute atomic E-state index is 12.4. The fraction of sp³-hybridized carbons (Fsp3) is 0.400. The first-order chi connectivity index (χ1) is 7.49. The molecule has 4 nitrogen and oxygen atoms in total. The molecule has 88 valence electrons. The zero-order valence-corrected chi connectivity index (χ0v) is 8.83. The highest BCUT2D eigenvalue weighted by Crippen LogP contribution is 2.31. The molecule has 16 heavy (non-hydrogen) atoms. The average molecular weight is 231 g/mol. The third kappa shape index (κ3) is 2.26. The quantitative estimate of drug-likeness (QED) is 0.810. The minimum atomic E-state index is -2.94.